The van der Waals surface area contributed by atoms with Crippen LogP contribution in [0, 0.1) is 0 Å². The second-order valence-electron chi connectivity index (χ2n) is 6.47. The lowest BCUT2D eigenvalue weighted by Gasteiger charge is -2.41. The quantitative estimate of drug-likeness (QED) is 0.620. The van der Waals surface area contributed by atoms with E-state index < -0.39 is 0 Å². The first kappa shape index (κ1) is 18.9. The number of rotatable bonds is 10. The van der Waals surface area contributed by atoms with Crippen molar-refractivity contribution in [2.45, 2.75) is 90.3 Å². The van der Waals surface area contributed by atoms with Gasteiger partial charge in [0.05, 0.1) is 6.61 Å². The highest BCUT2D eigenvalue weighted by molar-refractivity contribution is 4.89. The molecule has 0 aliphatic heterocycles. The van der Waals surface area contributed by atoms with Crippen LogP contribution in [0.1, 0.15) is 72.1 Å². The van der Waals surface area contributed by atoms with E-state index in [1.54, 1.807) is 0 Å². The van der Waals surface area contributed by atoms with Crippen molar-refractivity contribution in [3.8, 4) is 0 Å². The molecular formula is C18H38N2O. The molecule has 0 amide bonds. The summed E-state index contributed by atoms with van der Waals surface area (Å²) >= 11 is 0. The lowest BCUT2D eigenvalue weighted by atomic mass is 9.97. The van der Waals surface area contributed by atoms with E-state index >= 15 is 0 Å². The van der Waals surface area contributed by atoms with Crippen molar-refractivity contribution >= 4 is 0 Å². The second kappa shape index (κ2) is 11.4. The summed E-state index contributed by atoms with van der Waals surface area (Å²) < 4.78 is 5.39. The molecule has 1 N–H and O–H groups in total. The van der Waals surface area contributed by atoms with E-state index in [2.05, 4.69) is 31.0 Å². The third-order valence-corrected chi connectivity index (χ3v) is 5.03. The standard InChI is InChI=1S/C18H38N2O/c1-5-13-19-17-11-9-8-10-12-18(17)20(14-15-21-4)16(6-2)7-3/h16-19H,5-15H2,1-4H3. The third kappa shape index (κ3) is 6.25. The summed E-state index contributed by atoms with van der Waals surface area (Å²) in [6.07, 6.45) is 10.6. The fourth-order valence-electron chi connectivity index (χ4n) is 3.83. The fraction of sp³-hybridized carbons (Fsp3) is 1.00. The highest BCUT2D eigenvalue weighted by atomic mass is 16.5. The Hall–Kier alpha value is -0.120. The van der Waals surface area contributed by atoms with Crippen LogP contribution in [0.3, 0.4) is 0 Å². The monoisotopic (exact) mass is 298 g/mol. The minimum atomic E-state index is 0.671. The van der Waals surface area contributed by atoms with Crippen molar-refractivity contribution in [3.05, 3.63) is 0 Å². The van der Waals surface area contributed by atoms with Crippen LogP contribution in [0.4, 0.5) is 0 Å². The lowest BCUT2D eigenvalue weighted by Crippen LogP contribution is -2.54. The van der Waals surface area contributed by atoms with Crippen molar-refractivity contribution in [2.75, 3.05) is 26.8 Å². The third-order valence-electron chi connectivity index (χ3n) is 5.03. The zero-order valence-corrected chi connectivity index (χ0v) is 14.9. The molecule has 3 heteroatoms. The molecule has 1 aliphatic carbocycles. The zero-order valence-electron chi connectivity index (χ0n) is 14.9. The topological polar surface area (TPSA) is 24.5 Å². The second-order valence-corrected chi connectivity index (χ2v) is 6.47. The van der Waals surface area contributed by atoms with E-state index in [4.69, 9.17) is 4.74 Å². The van der Waals surface area contributed by atoms with Crippen LogP contribution >= 0.6 is 0 Å². The average Bonchev–Trinajstić information content (AvgIpc) is 2.74. The largest absolute Gasteiger partial charge is 0.383 e. The number of nitrogens with one attached hydrogen (secondary N) is 1. The molecule has 21 heavy (non-hydrogen) atoms. The predicted molar refractivity (Wildman–Crippen MR) is 91.9 cm³/mol. The Morgan fingerprint density at radius 2 is 1.81 bits per heavy atom. The van der Waals surface area contributed by atoms with Gasteiger partial charge in [0, 0.05) is 31.8 Å². The number of hydrogen-bond donors (Lipinski definition) is 1. The highest BCUT2D eigenvalue weighted by Gasteiger charge is 2.31. The maximum atomic E-state index is 5.39. The first-order valence-corrected chi connectivity index (χ1v) is 9.26. The normalized spacial score (nSPS) is 23.7. The number of methoxy groups -OCH3 is 1. The van der Waals surface area contributed by atoms with Gasteiger partial charge in [0.15, 0.2) is 0 Å². The predicted octanol–water partition coefficient (Wildman–Crippen LogP) is 3.82. The zero-order chi connectivity index (χ0) is 15.5. The number of hydrogen-bond acceptors (Lipinski definition) is 3. The Bertz CT molecular complexity index is 243. The van der Waals surface area contributed by atoms with Gasteiger partial charge in [0.1, 0.15) is 0 Å². The molecule has 0 bridgehead atoms. The molecule has 0 aromatic rings. The molecule has 2 atom stereocenters. The summed E-state index contributed by atoms with van der Waals surface area (Å²) in [5.74, 6) is 0. The van der Waals surface area contributed by atoms with Crippen LogP contribution in [0.25, 0.3) is 0 Å². The van der Waals surface area contributed by atoms with Crippen LogP contribution in [0.2, 0.25) is 0 Å². The Labute approximate surface area is 132 Å². The molecule has 0 aromatic carbocycles. The molecule has 0 aromatic heterocycles. The maximum Gasteiger partial charge on any atom is 0.0589 e. The summed E-state index contributed by atoms with van der Waals surface area (Å²) in [5, 5.41) is 3.84. The molecular weight excluding hydrogens is 260 g/mol. The van der Waals surface area contributed by atoms with Gasteiger partial charge in [-0.25, -0.2) is 0 Å². The van der Waals surface area contributed by atoms with E-state index in [9.17, 15) is 0 Å². The van der Waals surface area contributed by atoms with Gasteiger partial charge in [-0.1, -0.05) is 40.0 Å². The molecule has 3 nitrogen and oxygen atoms in total. The lowest BCUT2D eigenvalue weighted by molar-refractivity contribution is 0.0589. The molecule has 1 fully saturated rings. The average molecular weight is 299 g/mol. The molecule has 0 radical (unpaired) electrons. The van der Waals surface area contributed by atoms with Crippen LogP contribution in [-0.2, 0) is 4.74 Å². The highest BCUT2D eigenvalue weighted by Crippen LogP contribution is 2.26. The van der Waals surface area contributed by atoms with E-state index in [1.165, 1.54) is 51.4 Å². The summed E-state index contributed by atoms with van der Waals surface area (Å²) in [6.45, 7) is 10.0. The van der Waals surface area contributed by atoms with Crippen LogP contribution in [0.15, 0.2) is 0 Å². The van der Waals surface area contributed by atoms with Crippen molar-refractivity contribution in [1.82, 2.24) is 10.2 Å². The fourth-order valence-corrected chi connectivity index (χ4v) is 3.83. The van der Waals surface area contributed by atoms with Gasteiger partial charge in [0.2, 0.25) is 0 Å². The minimum Gasteiger partial charge on any atom is -0.383 e. The summed E-state index contributed by atoms with van der Waals surface area (Å²) in [4.78, 5) is 2.77. The van der Waals surface area contributed by atoms with Gasteiger partial charge in [-0.3, -0.25) is 4.90 Å². The first-order chi connectivity index (χ1) is 10.3. The summed E-state index contributed by atoms with van der Waals surface area (Å²) in [5.41, 5.74) is 0. The van der Waals surface area contributed by atoms with Gasteiger partial charge < -0.3 is 10.1 Å². The van der Waals surface area contributed by atoms with Crippen molar-refractivity contribution in [3.63, 3.8) is 0 Å². The molecule has 2 unspecified atom stereocenters. The van der Waals surface area contributed by atoms with Gasteiger partial charge >= 0.3 is 0 Å². The Morgan fingerprint density at radius 1 is 1.10 bits per heavy atom. The van der Waals surface area contributed by atoms with E-state index in [0.29, 0.717) is 18.1 Å². The van der Waals surface area contributed by atoms with Gasteiger partial charge in [-0.05, 0) is 38.6 Å². The Kier molecular flexibility index (Phi) is 10.3. The first-order valence-electron chi connectivity index (χ1n) is 9.26. The van der Waals surface area contributed by atoms with E-state index in [-0.39, 0.29) is 0 Å². The van der Waals surface area contributed by atoms with Crippen molar-refractivity contribution < 1.29 is 4.74 Å². The molecule has 0 saturated heterocycles. The molecule has 0 heterocycles. The maximum absolute atomic E-state index is 5.39. The Morgan fingerprint density at radius 3 is 2.43 bits per heavy atom. The minimum absolute atomic E-state index is 0.671. The van der Waals surface area contributed by atoms with Crippen molar-refractivity contribution in [2.24, 2.45) is 0 Å². The molecule has 1 saturated carbocycles. The van der Waals surface area contributed by atoms with Gasteiger partial charge in [-0.15, -0.1) is 0 Å². The summed E-state index contributed by atoms with van der Waals surface area (Å²) in [6, 6.07) is 2.07. The Balaban J connectivity index is 2.80. The van der Waals surface area contributed by atoms with Crippen LogP contribution < -0.4 is 5.32 Å². The molecule has 0 spiro atoms. The van der Waals surface area contributed by atoms with E-state index in [0.717, 1.165) is 19.7 Å². The van der Waals surface area contributed by atoms with Gasteiger partial charge in [-0.2, -0.15) is 0 Å². The SMILES string of the molecule is CCCNC1CCCCCC1N(CCOC)C(CC)CC. The van der Waals surface area contributed by atoms with Crippen LogP contribution in [0.5, 0.6) is 0 Å². The molecule has 1 rings (SSSR count). The smallest absolute Gasteiger partial charge is 0.0589 e. The van der Waals surface area contributed by atoms with Gasteiger partial charge in [0.25, 0.3) is 0 Å². The van der Waals surface area contributed by atoms with Crippen molar-refractivity contribution in [1.29, 1.82) is 0 Å². The molecule has 1 aliphatic rings. The van der Waals surface area contributed by atoms with Crippen LogP contribution in [-0.4, -0.2) is 49.8 Å². The number of ether oxygens (including phenoxy) is 1. The van der Waals surface area contributed by atoms with E-state index in [1.807, 2.05) is 7.11 Å². The summed E-state index contributed by atoms with van der Waals surface area (Å²) in [7, 11) is 1.82. The number of nitrogens with zero attached hydrogens (tertiary/aromatic N) is 1. The molecule has 126 valence electrons.